The fourth-order valence-electron chi connectivity index (χ4n) is 3.11. The van der Waals surface area contributed by atoms with Gasteiger partial charge in [-0.15, -0.1) is 0 Å². The van der Waals surface area contributed by atoms with Crippen LogP contribution in [-0.2, 0) is 6.42 Å². The molecule has 0 aliphatic carbocycles. The zero-order valence-corrected chi connectivity index (χ0v) is 14.9. The molecule has 24 heavy (non-hydrogen) atoms. The van der Waals surface area contributed by atoms with Gasteiger partial charge in [-0.3, -0.25) is 0 Å². The molecule has 3 N–H and O–H groups in total. The second kappa shape index (κ2) is 9.64. The number of hydrogen-bond donors (Lipinski definition) is 3. The third kappa shape index (κ3) is 6.89. The van der Waals surface area contributed by atoms with Crippen LogP contribution in [0, 0.1) is 5.92 Å². The van der Waals surface area contributed by atoms with E-state index in [1.165, 1.54) is 31.5 Å². The lowest BCUT2D eigenvalue weighted by Crippen LogP contribution is -2.35. The first kappa shape index (κ1) is 18.7. The molecule has 1 unspecified atom stereocenters. The molecule has 1 aromatic carbocycles. The third-order valence-corrected chi connectivity index (χ3v) is 4.34. The fraction of sp³-hybridized carbons (Fsp3) is 0.632. The summed E-state index contributed by atoms with van der Waals surface area (Å²) in [5, 5.41) is 15.4. The molecule has 1 aromatic rings. The van der Waals surface area contributed by atoms with Crippen LogP contribution in [0.15, 0.2) is 24.3 Å². The van der Waals surface area contributed by atoms with Gasteiger partial charge < -0.3 is 20.6 Å². The summed E-state index contributed by atoms with van der Waals surface area (Å²) in [6.07, 6.45) is 3.81. The van der Waals surface area contributed by atoms with Crippen LogP contribution in [0.1, 0.15) is 38.7 Å². The maximum Gasteiger partial charge on any atom is 0.319 e. The van der Waals surface area contributed by atoms with Gasteiger partial charge in [-0.1, -0.05) is 26.0 Å². The molecule has 0 aromatic heterocycles. The standard InChI is InChI=1S/C19H31N3O2/c1-15(2)12-18(23)14-20-19(24)21-17-7-5-6-16(13-17)8-11-22-9-3-4-10-22/h5-7,13,15,18,23H,3-4,8-12,14H2,1-2H3,(H2,20,21,24). The highest BCUT2D eigenvalue weighted by Crippen LogP contribution is 2.13. The molecular weight excluding hydrogens is 302 g/mol. The average molecular weight is 333 g/mol. The quantitative estimate of drug-likeness (QED) is 0.685. The number of hydrogen-bond acceptors (Lipinski definition) is 3. The number of nitrogens with zero attached hydrogens (tertiary/aromatic N) is 1. The van der Waals surface area contributed by atoms with E-state index < -0.39 is 6.10 Å². The summed E-state index contributed by atoms with van der Waals surface area (Å²) >= 11 is 0. The average Bonchev–Trinajstić information content (AvgIpc) is 3.04. The van der Waals surface area contributed by atoms with E-state index >= 15 is 0 Å². The van der Waals surface area contributed by atoms with Crippen LogP contribution in [0.5, 0.6) is 0 Å². The number of likely N-dealkylation sites (tertiary alicyclic amines) is 1. The second-order valence-electron chi connectivity index (χ2n) is 7.12. The Balaban J connectivity index is 1.75. The smallest absolute Gasteiger partial charge is 0.319 e. The first-order valence-corrected chi connectivity index (χ1v) is 9.07. The van der Waals surface area contributed by atoms with Crippen LogP contribution in [0.25, 0.3) is 0 Å². The minimum Gasteiger partial charge on any atom is -0.391 e. The van der Waals surface area contributed by atoms with Gasteiger partial charge in [0.25, 0.3) is 0 Å². The SMILES string of the molecule is CC(C)CC(O)CNC(=O)Nc1cccc(CCN2CCCC2)c1. The maximum absolute atomic E-state index is 11.9. The third-order valence-electron chi connectivity index (χ3n) is 4.34. The molecule has 134 valence electrons. The van der Waals surface area contributed by atoms with Gasteiger partial charge in [0.15, 0.2) is 0 Å². The summed E-state index contributed by atoms with van der Waals surface area (Å²) in [6.45, 7) is 7.88. The first-order chi connectivity index (χ1) is 11.5. The van der Waals surface area contributed by atoms with E-state index in [0.717, 1.165) is 18.7 Å². The molecule has 0 saturated carbocycles. The molecule has 2 rings (SSSR count). The first-order valence-electron chi connectivity index (χ1n) is 9.07. The minimum absolute atomic E-state index is 0.269. The maximum atomic E-state index is 11.9. The number of carbonyl (C=O) groups excluding carboxylic acids is 1. The number of benzene rings is 1. The van der Waals surface area contributed by atoms with E-state index in [1.807, 2.05) is 18.2 Å². The second-order valence-corrected chi connectivity index (χ2v) is 7.12. The predicted molar refractivity (Wildman–Crippen MR) is 98.3 cm³/mol. The lowest BCUT2D eigenvalue weighted by atomic mass is 10.1. The number of carbonyl (C=O) groups is 1. The summed E-state index contributed by atoms with van der Waals surface area (Å²) in [6, 6.07) is 7.73. The Hall–Kier alpha value is -1.59. The summed E-state index contributed by atoms with van der Waals surface area (Å²) in [7, 11) is 0. The van der Waals surface area contributed by atoms with E-state index in [9.17, 15) is 9.90 Å². The van der Waals surface area contributed by atoms with Gasteiger partial charge in [-0.05, 0) is 62.4 Å². The van der Waals surface area contributed by atoms with Crippen molar-refractivity contribution < 1.29 is 9.90 Å². The molecule has 1 atom stereocenters. The zero-order chi connectivity index (χ0) is 17.4. The van der Waals surface area contributed by atoms with Crippen molar-refractivity contribution in [3.63, 3.8) is 0 Å². The summed E-state index contributed by atoms with van der Waals surface area (Å²) in [4.78, 5) is 14.4. The Morgan fingerprint density at radius 3 is 2.75 bits per heavy atom. The number of rotatable bonds is 8. The van der Waals surface area contributed by atoms with E-state index in [4.69, 9.17) is 0 Å². The number of amides is 2. The molecule has 1 saturated heterocycles. The lowest BCUT2D eigenvalue weighted by molar-refractivity contribution is 0.148. The van der Waals surface area contributed by atoms with Gasteiger partial charge in [0, 0.05) is 18.8 Å². The Bertz CT molecular complexity index is 513. The van der Waals surface area contributed by atoms with Crippen LogP contribution >= 0.6 is 0 Å². The van der Waals surface area contributed by atoms with Gasteiger partial charge in [0.05, 0.1) is 6.10 Å². The largest absolute Gasteiger partial charge is 0.391 e. The highest BCUT2D eigenvalue weighted by Gasteiger charge is 2.11. The van der Waals surface area contributed by atoms with Gasteiger partial charge in [0.1, 0.15) is 0 Å². The fourth-order valence-corrected chi connectivity index (χ4v) is 3.11. The van der Waals surface area contributed by atoms with Gasteiger partial charge in [0.2, 0.25) is 0 Å². The summed E-state index contributed by atoms with van der Waals surface area (Å²) in [5.74, 6) is 0.414. The minimum atomic E-state index is -0.498. The molecule has 0 bridgehead atoms. The highest BCUT2D eigenvalue weighted by molar-refractivity contribution is 5.89. The highest BCUT2D eigenvalue weighted by atomic mass is 16.3. The van der Waals surface area contributed by atoms with Crippen molar-refractivity contribution in [2.75, 3.05) is 31.5 Å². The Morgan fingerprint density at radius 1 is 1.29 bits per heavy atom. The van der Waals surface area contributed by atoms with Crippen molar-refractivity contribution in [3.05, 3.63) is 29.8 Å². The topological polar surface area (TPSA) is 64.6 Å². The number of nitrogens with one attached hydrogen (secondary N) is 2. The van der Waals surface area contributed by atoms with E-state index in [2.05, 4.69) is 35.4 Å². The van der Waals surface area contributed by atoms with Gasteiger partial charge >= 0.3 is 6.03 Å². The number of anilines is 1. The molecule has 0 radical (unpaired) electrons. The van der Waals surface area contributed by atoms with Crippen molar-refractivity contribution in [1.29, 1.82) is 0 Å². The van der Waals surface area contributed by atoms with Crippen LogP contribution < -0.4 is 10.6 Å². The monoisotopic (exact) mass is 333 g/mol. The molecule has 2 amide bonds. The molecule has 0 spiro atoms. The van der Waals surface area contributed by atoms with Crippen LogP contribution in [0.3, 0.4) is 0 Å². The predicted octanol–water partition coefficient (Wildman–Crippen LogP) is 2.85. The summed E-state index contributed by atoms with van der Waals surface area (Å²) < 4.78 is 0. The van der Waals surface area contributed by atoms with Crippen molar-refractivity contribution >= 4 is 11.7 Å². The normalized spacial score (nSPS) is 16.3. The van der Waals surface area contributed by atoms with Crippen molar-refractivity contribution in [2.45, 2.75) is 45.6 Å². The molecule has 5 nitrogen and oxygen atoms in total. The van der Waals surface area contributed by atoms with Crippen LogP contribution in [-0.4, -0.2) is 48.3 Å². The van der Waals surface area contributed by atoms with Crippen LogP contribution in [0.4, 0.5) is 10.5 Å². The molecule has 1 aliphatic heterocycles. The van der Waals surface area contributed by atoms with Gasteiger partial charge in [-0.2, -0.15) is 0 Å². The molecular formula is C19H31N3O2. The van der Waals surface area contributed by atoms with Crippen molar-refractivity contribution in [2.24, 2.45) is 5.92 Å². The molecule has 1 heterocycles. The Morgan fingerprint density at radius 2 is 2.04 bits per heavy atom. The van der Waals surface area contributed by atoms with E-state index in [-0.39, 0.29) is 12.6 Å². The lowest BCUT2D eigenvalue weighted by Gasteiger charge is -2.15. The molecule has 5 heteroatoms. The van der Waals surface area contributed by atoms with Crippen LogP contribution in [0.2, 0.25) is 0 Å². The van der Waals surface area contributed by atoms with Gasteiger partial charge in [-0.25, -0.2) is 4.79 Å². The van der Waals surface area contributed by atoms with Crippen molar-refractivity contribution in [1.82, 2.24) is 10.2 Å². The zero-order valence-electron chi connectivity index (χ0n) is 14.9. The van der Waals surface area contributed by atoms with Crippen molar-refractivity contribution in [3.8, 4) is 0 Å². The number of urea groups is 1. The molecule has 1 fully saturated rings. The Kier molecular flexibility index (Phi) is 7.53. The number of aliphatic hydroxyl groups excluding tert-OH is 1. The van der Waals surface area contributed by atoms with E-state index in [1.54, 1.807) is 0 Å². The molecule has 1 aliphatic rings. The summed E-state index contributed by atoms with van der Waals surface area (Å²) in [5.41, 5.74) is 2.03. The Labute approximate surface area is 145 Å². The number of aliphatic hydroxyl groups is 1. The van der Waals surface area contributed by atoms with E-state index in [0.29, 0.717) is 12.3 Å².